The summed E-state index contributed by atoms with van der Waals surface area (Å²) in [5, 5.41) is 0. The van der Waals surface area contributed by atoms with E-state index in [1.165, 1.54) is 24.3 Å². The summed E-state index contributed by atoms with van der Waals surface area (Å²) in [7, 11) is -2.36. The van der Waals surface area contributed by atoms with E-state index >= 15 is 0 Å². The molecular formula is C27H32F5NO4S. The lowest BCUT2D eigenvalue weighted by molar-refractivity contribution is -0.284. The van der Waals surface area contributed by atoms with Crippen LogP contribution in [-0.2, 0) is 25.8 Å². The lowest BCUT2D eigenvalue weighted by atomic mass is 9.97. The highest BCUT2D eigenvalue weighted by atomic mass is 32.2. The highest BCUT2D eigenvalue weighted by Crippen LogP contribution is 2.39. The molecule has 0 unspecified atom stereocenters. The van der Waals surface area contributed by atoms with Crippen LogP contribution in [0.2, 0.25) is 0 Å². The molecule has 2 aromatic rings. The molecule has 0 bridgehead atoms. The Morgan fingerprint density at radius 1 is 0.947 bits per heavy atom. The van der Waals surface area contributed by atoms with Gasteiger partial charge in [0.25, 0.3) is 0 Å². The fraction of sp³-hybridized carbons (Fsp3) is 0.444. The lowest BCUT2D eigenvalue weighted by Gasteiger charge is -2.37. The number of alkyl halides is 5. The Hall–Kier alpha value is -2.63. The summed E-state index contributed by atoms with van der Waals surface area (Å²) in [6.07, 6.45) is -6.48. The number of rotatable bonds is 10. The van der Waals surface area contributed by atoms with Gasteiger partial charge in [-0.1, -0.05) is 36.4 Å². The van der Waals surface area contributed by atoms with Crippen molar-refractivity contribution in [1.29, 1.82) is 0 Å². The van der Waals surface area contributed by atoms with Gasteiger partial charge in [0.1, 0.15) is 11.0 Å². The van der Waals surface area contributed by atoms with Gasteiger partial charge >= 0.3 is 12.1 Å². The molecule has 0 aliphatic carbocycles. The zero-order chi connectivity index (χ0) is 28.6. The van der Waals surface area contributed by atoms with Crippen molar-refractivity contribution < 1.29 is 39.9 Å². The number of methoxy groups -OCH3 is 1. The van der Waals surface area contributed by atoms with Crippen molar-refractivity contribution in [2.75, 3.05) is 33.4 Å². The second-order valence-corrected chi connectivity index (χ2v) is 11.2. The maximum Gasteiger partial charge on any atom is 0.453 e. The van der Waals surface area contributed by atoms with Crippen LogP contribution in [0.15, 0.2) is 66.6 Å². The van der Waals surface area contributed by atoms with Crippen LogP contribution in [0.4, 0.5) is 22.0 Å². The number of ether oxygens (including phenoxy) is 1. The standard InChI is InChI=1S/C25H28F5NO4S.C2H4/c1-35-17-16-31-14-12-23(18-32,13-15-31)36(33,34)22-8-6-21(7-9-22)20-4-2-19(3-5-20)10-11-24(26,27)25(28,29)30;1-2/h2-9,18H,10-17H2,1H3;1-2H2. The number of benzene rings is 2. The quantitative estimate of drug-likeness (QED) is 0.210. The number of halogens is 5. The Labute approximate surface area is 220 Å². The van der Waals surface area contributed by atoms with E-state index in [4.69, 9.17) is 4.74 Å². The Kier molecular flexibility index (Phi) is 10.8. The van der Waals surface area contributed by atoms with Crippen molar-refractivity contribution in [2.45, 2.75) is 47.4 Å². The zero-order valence-electron chi connectivity index (χ0n) is 21.1. The second-order valence-electron chi connectivity index (χ2n) is 8.94. The van der Waals surface area contributed by atoms with Crippen LogP contribution < -0.4 is 0 Å². The van der Waals surface area contributed by atoms with Gasteiger partial charge in [-0.2, -0.15) is 22.0 Å². The van der Waals surface area contributed by atoms with Crippen LogP contribution in [0.25, 0.3) is 11.1 Å². The minimum atomic E-state index is -5.58. The molecule has 0 N–H and O–H groups in total. The first-order valence-corrected chi connectivity index (χ1v) is 13.4. The molecule has 0 atom stereocenters. The molecule has 2 aromatic carbocycles. The predicted octanol–water partition coefficient (Wildman–Crippen LogP) is 5.74. The van der Waals surface area contributed by atoms with Crippen LogP contribution in [0.5, 0.6) is 0 Å². The maximum absolute atomic E-state index is 13.4. The summed E-state index contributed by atoms with van der Waals surface area (Å²) in [5.74, 6) is -4.76. The number of carbonyl (C=O) groups excluding carboxylic acids is 1. The molecule has 0 radical (unpaired) electrons. The average Bonchev–Trinajstić information content (AvgIpc) is 2.92. The summed E-state index contributed by atoms with van der Waals surface area (Å²) < 4.78 is 93.6. The Morgan fingerprint density at radius 3 is 1.89 bits per heavy atom. The average molecular weight is 562 g/mol. The molecule has 1 fully saturated rings. The molecule has 5 nitrogen and oxygen atoms in total. The van der Waals surface area contributed by atoms with E-state index in [-0.39, 0.29) is 17.7 Å². The van der Waals surface area contributed by atoms with Gasteiger partial charge in [0.05, 0.1) is 11.5 Å². The van der Waals surface area contributed by atoms with Crippen LogP contribution in [0.3, 0.4) is 0 Å². The molecule has 0 spiro atoms. The molecule has 0 amide bonds. The van der Waals surface area contributed by atoms with Crippen molar-refractivity contribution in [3.05, 3.63) is 67.3 Å². The van der Waals surface area contributed by atoms with Crippen LogP contribution in [-0.4, -0.2) is 69.8 Å². The van der Waals surface area contributed by atoms with E-state index < -0.39 is 39.5 Å². The molecule has 210 valence electrons. The summed E-state index contributed by atoms with van der Waals surface area (Å²) >= 11 is 0. The summed E-state index contributed by atoms with van der Waals surface area (Å²) in [5.41, 5.74) is 1.60. The molecule has 1 aliphatic heterocycles. The van der Waals surface area contributed by atoms with E-state index in [1.807, 2.05) is 0 Å². The SMILES string of the molecule is C=C.COCCN1CCC(C=O)(S(=O)(=O)c2ccc(-c3ccc(CCC(F)(F)C(F)(F)F)cc3)cc2)CC1. The molecular weight excluding hydrogens is 529 g/mol. The van der Waals surface area contributed by atoms with Crippen LogP contribution >= 0.6 is 0 Å². The molecule has 1 saturated heterocycles. The summed E-state index contributed by atoms with van der Waals surface area (Å²) in [6.45, 7) is 8.09. The van der Waals surface area contributed by atoms with Gasteiger partial charge in [-0.15, -0.1) is 13.2 Å². The van der Waals surface area contributed by atoms with Gasteiger partial charge in [0.15, 0.2) is 9.84 Å². The maximum atomic E-state index is 13.4. The molecule has 38 heavy (non-hydrogen) atoms. The second kappa shape index (κ2) is 12.9. The third-order valence-electron chi connectivity index (χ3n) is 6.66. The van der Waals surface area contributed by atoms with E-state index in [0.29, 0.717) is 49.2 Å². The number of piperidine rings is 1. The zero-order valence-corrected chi connectivity index (χ0v) is 22.0. The first-order valence-electron chi connectivity index (χ1n) is 11.9. The van der Waals surface area contributed by atoms with Crippen LogP contribution in [0.1, 0.15) is 24.8 Å². The first-order chi connectivity index (χ1) is 17.8. The van der Waals surface area contributed by atoms with E-state index in [2.05, 4.69) is 18.1 Å². The number of nitrogens with zero attached hydrogens (tertiary/aromatic N) is 1. The number of sulfone groups is 1. The monoisotopic (exact) mass is 561 g/mol. The Morgan fingerprint density at radius 2 is 1.45 bits per heavy atom. The number of aldehydes is 1. The fourth-order valence-corrected chi connectivity index (χ4v) is 6.00. The Bertz CT molecular complexity index is 1140. The van der Waals surface area contributed by atoms with Gasteiger partial charge in [-0.25, -0.2) is 8.42 Å². The fourth-order valence-electron chi connectivity index (χ4n) is 4.19. The normalized spacial score (nSPS) is 16.4. The highest BCUT2D eigenvalue weighted by molar-refractivity contribution is 7.93. The lowest BCUT2D eigenvalue weighted by Crippen LogP contribution is -2.50. The topological polar surface area (TPSA) is 63.7 Å². The molecule has 3 rings (SSSR count). The van der Waals surface area contributed by atoms with Crippen molar-refractivity contribution in [3.63, 3.8) is 0 Å². The van der Waals surface area contributed by atoms with E-state index in [1.54, 1.807) is 31.4 Å². The minimum absolute atomic E-state index is 0.0229. The number of likely N-dealkylation sites (tertiary alicyclic amines) is 1. The number of hydrogen-bond donors (Lipinski definition) is 0. The first kappa shape index (κ1) is 31.6. The minimum Gasteiger partial charge on any atom is -0.383 e. The number of carbonyl (C=O) groups is 1. The molecule has 1 aliphatic rings. The number of aryl methyl sites for hydroxylation is 1. The van der Waals surface area contributed by atoms with Gasteiger partial charge in [0, 0.05) is 33.2 Å². The largest absolute Gasteiger partial charge is 0.453 e. The summed E-state index contributed by atoms with van der Waals surface area (Å²) in [4.78, 5) is 14.1. The highest BCUT2D eigenvalue weighted by Gasteiger charge is 2.56. The molecule has 0 saturated carbocycles. The third kappa shape index (κ3) is 7.06. The molecule has 0 aromatic heterocycles. The van der Waals surface area contributed by atoms with Gasteiger partial charge < -0.3 is 14.4 Å². The van der Waals surface area contributed by atoms with Gasteiger partial charge in [-0.3, -0.25) is 0 Å². The van der Waals surface area contributed by atoms with Gasteiger partial charge in [-0.05, 0) is 48.1 Å². The predicted molar refractivity (Wildman–Crippen MR) is 136 cm³/mol. The van der Waals surface area contributed by atoms with Crippen molar-refractivity contribution >= 4 is 16.1 Å². The third-order valence-corrected chi connectivity index (χ3v) is 9.13. The van der Waals surface area contributed by atoms with Crippen molar-refractivity contribution in [3.8, 4) is 11.1 Å². The van der Waals surface area contributed by atoms with E-state index in [0.717, 1.165) is 0 Å². The summed E-state index contributed by atoms with van der Waals surface area (Å²) in [6, 6.07) is 12.1. The van der Waals surface area contributed by atoms with Crippen molar-refractivity contribution in [2.24, 2.45) is 0 Å². The van der Waals surface area contributed by atoms with Crippen molar-refractivity contribution in [1.82, 2.24) is 4.90 Å². The van der Waals surface area contributed by atoms with Gasteiger partial charge in [0.2, 0.25) is 0 Å². The smallest absolute Gasteiger partial charge is 0.383 e. The molecule has 11 heteroatoms. The van der Waals surface area contributed by atoms with Crippen LogP contribution in [0, 0.1) is 0 Å². The van der Waals surface area contributed by atoms with E-state index in [9.17, 15) is 35.2 Å². The molecule has 1 heterocycles. The number of hydrogen-bond acceptors (Lipinski definition) is 5. The Balaban J connectivity index is 0.00000247.